The van der Waals surface area contributed by atoms with Crippen LogP contribution in [0.4, 0.5) is 0 Å². The van der Waals surface area contributed by atoms with Gasteiger partial charge in [0.2, 0.25) is 0 Å². The summed E-state index contributed by atoms with van der Waals surface area (Å²) in [4.78, 5) is 68.9. The number of nitrogens with zero attached hydrogens (tertiary/aromatic N) is 2. The number of benzene rings is 1. The van der Waals surface area contributed by atoms with Crippen LogP contribution in [0, 0.1) is 0 Å². The van der Waals surface area contributed by atoms with Gasteiger partial charge in [0.05, 0.1) is 30.3 Å². The van der Waals surface area contributed by atoms with E-state index in [4.69, 9.17) is 0 Å². The van der Waals surface area contributed by atoms with E-state index in [2.05, 4.69) is 34.2 Å². The molecule has 8 nitrogen and oxygen atoms in total. The van der Waals surface area contributed by atoms with Gasteiger partial charge < -0.3 is 0 Å². The molecule has 0 bridgehead atoms. The highest BCUT2D eigenvalue weighted by Crippen LogP contribution is 2.20. The molecule has 8 heteroatoms. The highest BCUT2D eigenvalue weighted by Gasteiger charge is 2.00. The number of aromatic nitrogens is 2. The van der Waals surface area contributed by atoms with E-state index in [9.17, 15) is 28.8 Å². The van der Waals surface area contributed by atoms with Gasteiger partial charge in [-0.05, 0) is 53.7 Å². The second-order valence-electron chi connectivity index (χ2n) is 7.96. The Labute approximate surface area is 205 Å². The molecule has 0 spiro atoms. The fourth-order valence-electron chi connectivity index (χ4n) is 2.73. The molecule has 0 fully saturated rings. The quantitative estimate of drug-likeness (QED) is 0.374. The Bertz CT molecular complexity index is 1050. The van der Waals surface area contributed by atoms with Crippen LogP contribution in [0.2, 0.25) is 0 Å². The standard InChI is InChI=1S/C12H8N2.3C5H8O2/c1-3-9-5-6-10-4-2-8-14-12(10)11(9)13-7-1;3*1-4(6)3-5(2)7/h1-8H;3*3H2,1-2H3. The highest BCUT2D eigenvalue weighted by molar-refractivity contribution is 6.02. The van der Waals surface area contributed by atoms with Crippen LogP contribution in [0.5, 0.6) is 0 Å². The monoisotopic (exact) mass is 480 g/mol. The molecule has 0 N–H and O–H groups in total. The highest BCUT2D eigenvalue weighted by atomic mass is 16.2. The number of ketones is 6. The maximum atomic E-state index is 10.0. The lowest BCUT2D eigenvalue weighted by molar-refractivity contribution is -0.126. The van der Waals surface area contributed by atoms with Crippen molar-refractivity contribution < 1.29 is 28.8 Å². The Morgan fingerprint density at radius 3 is 0.943 bits per heavy atom. The van der Waals surface area contributed by atoms with Gasteiger partial charge in [-0.1, -0.05) is 24.3 Å². The minimum absolute atomic E-state index is 0.0625. The normalized spacial score (nSPS) is 9.31. The summed E-state index contributed by atoms with van der Waals surface area (Å²) in [5.41, 5.74) is 1.95. The zero-order valence-corrected chi connectivity index (χ0v) is 21.1. The summed E-state index contributed by atoms with van der Waals surface area (Å²) < 4.78 is 0. The first-order valence-corrected chi connectivity index (χ1v) is 10.9. The first kappa shape index (κ1) is 31.1. The van der Waals surface area contributed by atoms with Crippen molar-refractivity contribution in [2.75, 3.05) is 0 Å². The predicted octanol–water partition coefficient (Wildman–Crippen LogP) is 4.45. The molecule has 0 unspecified atom stereocenters. The van der Waals surface area contributed by atoms with E-state index in [1.54, 1.807) is 12.4 Å². The average Bonchev–Trinajstić information content (AvgIpc) is 2.72. The Morgan fingerprint density at radius 2 is 0.743 bits per heavy atom. The first-order valence-electron chi connectivity index (χ1n) is 10.9. The Hall–Kier alpha value is -3.94. The van der Waals surface area contributed by atoms with E-state index < -0.39 is 0 Å². The van der Waals surface area contributed by atoms with E-state index in [1.165, 1.54) is 41.5 Å². The van der Waals surface area contributed by atoms with Crippen LogP contribution in [0.1, 0.15) is 60.8 Å². The SMILES string of the molecule is CC(=O)CC(C)=O.CC(=O)CC(C)=O.CC(=O)CC(C)=O.c1cnc2c(c1)ccc1cccnc12. The number of carbonyl (C=O) groups excluding carboxylic acids is 6. The van der Waals surface area contributed by atoms with Crippen LogP contribution < -0.4 is 0 Å². The van der Waals surface area contributed by atoms with Gasteiger partial charge in [0, 0.05) is 23.2 Å². The molecule has 3 rings (SSSR count). The third-order valence-corrected chi connectivity index (χ3v) is 3.84. The second-order valence-corrected chi connectivity index (χ2v) is 7.96. The molecular weight excluding hydrogens is 448 g/mol. The first-order chi connectivity index (χ1) is 16.3. The van der Waals surface area contributed by atoms with Crippen molar-refractivity contribution in [3.05, 3.63) is 48.8 Å². The van der Waals surface area contributed by atoms with E-state index in [1.807, 2.05) is 12.1 Å². The maximum absolute atomic E-state index is 10.0. The molecule has 1 aromatic carbocycles. The molecule has 0 saturated carbocycles. The van der Waals surface area contributed by atoms with Crippen LogP contribution in [0.3, 0.4) is 0 Å². The molecule has 3 aromatic rings. The molecule has 0 atom stereocenters. The second kappa shape index (κ2) is 16.6. The largest absolute Gasteiger partial charge is 0.300 e. The minimum Gasteiger partial charge on any atom is -0.300 e. The number of pyridine rings is 2. The van der Waals surface area contributed by atoms with Crippen molar-refractivity contribution in [2.24, 2.45) is 0 Å². The lowest BCUT2D eigenvalue weighted by Crippen LogP contribution is -1.97. The van der Waals surface area contributed by atoms with Gasteiger partial charge in [-0.25, -0.2) is 0 Å². The lowest BCUT2D eigenvalue weighted by atomic mass is 10.1. The molecule has 186 valence electrons. The molecule has 0 saturated heterocycles. The fourth-order valence-corrected chi connectivity index (χ4v) is 2.73. The molecule has 35 heavy (non-hydrogen) atoms. The van der Waals surface area contributed by atoms with Crippen LogP contribution >= 0.6 is 0 Å². The van der Waals surface area contributed by atoms with E-state index in [0.29, 0.717) is 0 Å². The van der Waals surface area contributed by atoms with Crippen molar-refractivity contribution in [3.8, 4) is 0 Å². The number of Topliss-reactive ketones (excluding diaryl/α,β-unsaturated/α-hetero) is 6. The van der Waals surface area contributed by atoms with Gasteiger partial charge in [0.1, 0.15) is 34.7 Å². The van der Waals surface area contributed by atoms with Gasteiger partial charge in [-0.15, -0.1) is 0 Å². The molecular formula is C27H32N2O6. The third kappa shape index (κ3) is 15.5. The fraction of sp³-hybridized carbons (Fsp3) is 0.333. The maximum Gasteiger partial charge on any atom is 0.137 e. The molecule has 2 heterocycles. The Balaban J connectivity index is 0.000000478. The van der Waals surface area contributed by atoms with Gasteiger partial charge in [-0.3, -0.25) is 38.7 Å². The van der Waals surface area contributed by atoms with Gasteiger partial charge in [0.25, 0.3) is 0 Å². The summed E-state index contributed by atoms with van der Waals surface area (Å²) in [7, 11) is 0. The number of hydrogen-bond acceptors (Lipinski definition) is 8. The zero-order valence-electron chi connectivity index (χ0n) is 21.1. The summed E-state index contributed by atoms with van der Waals surface area (Å²) in [5.74, 6) is -0.375. The summed E-state index contributed by atoms with van der Waals surface area (Å²) >= 11 is 0. The summed E-state index contributed by atoms with van der Waals surface area (Å²) in [6, 6.07) is 12.1. The Kier molecular flexibility index (Phi) is 14.8. The van der Waals surface area contributed by atoms with E-state index in [-0.39, 0.29) is 54.0 Å². The van der Waals surface area contributed by atoms with Crippen molar-refractivity contribution in [1.82, 2.24) is 9.97 Å². The average molecular weight is 481 g/mol. The zero-order chi connectivity index (χ0) is 27.0. The van der Waals surface area contributed by atoms with Crippen molar-refractivity contribution in [2.45, 2.75) is 60.8 Å². The van der Waals surface area contributed by atoms with Crippen LogP contribution in [0.25, 0.3) is 21.8 Å². The summed E-state index contributed by atoms with van der Waals surface area (Å²) in [6.07, 6.45) is 3.85. The van der Waals surface area contributed by atoms with E-state index in [0.717, 1.165) is 21.8 Å². The summed E-state index contributed by atoms with van der Waals surface area (Å²) in [5, 5.41) is 2.28. The van der Waals surface area contributed by atoms with Crippen molar-refractivity contribution in [3.63, 3.8) is 0 Å². The van der Waals surface area contributed by atoms with Crippen LogP contribution in [-0.2, 0) is 28.8 Å². The molecule has 0 amide bonds. The smallest absolute Gasteiger partial charge is 0.137 e. The third-order valence-electron chi connectivity index (χ3n) is 3.84. The summed E-state index contributed by atoms with van der Waals surface area (Å²) in [6.45, 7) is 8.42. The van der Waals surface area contributed by atoms with Crippen molar-refractivity contribution >= 4 is 56.5 Å². The molecule has 0 aliphatic heterocycles. The van der Waals surface area contributed by atoms with Crippen LogP contribution in [-0.4, -0.2) is 44.7 Å². The topological polar surface area (TPSA) is 128 Å². The van der Waals surface area contributed by atoms with Gasteiger partial charge in [-0.2, -0.15) is 0 Å². The van der Waals surface area contributed by atoms with Crippen molar-refractivity contribution in [1.29, 1.82) is 0 Å². The lowest BCUT2D eigenvalue weighted by Gasteiger charge is -2.00. The number of carbonyl (C=O) groups is 6. The molecule has 0 aliphatic rings. The predicted molar refractivity (Wildman–Crippen MR) is 135 cm³/mol. The van der Waals surface area contributed by atoms with Gasteiger partial charge in [0.15, 0.2) is 0 Å². The molecule has 0 radical (unpaired) electrons. The van der Waals surface area contributed by atoms with Gasteiger partial charge >= 0.3 is 0 Å². The van der Waals surface area contributed by atoms with Crippen LogP contribution in [0.15, 0.2) is 48.8 Å². The molecule has 2 aromatic heterocycles. The number of fused-ring (bicyclic) bond motifs is 3. The Morgan fingerprint density at radius 1 is 0.486 bits per heavy atom. The number of rotatable bonds is 6. The number of hydrogen-bond donors (Lipinski definition) is 0. The minimum atomic E-state index is -0.0625. The molecule has 0 aliphatic carbocycles. The van der Waals surface area contributed by atoms with E-state index >= 15 is 0 Å².